The second-order valence-electron chi connectivity index (χ2n) is 2.60. The topological polar surface area (TPSA) is 33.3 Å². The standard InChI is InChI=1S/C7H16N2O/c1-10-6-2-4-8-7-3-5-9-7/h7-9H,2-6H2,1H3. The van der Waals surface area contributed by atoms with Gasteiger partial charge in [-0.25, -0.2) is 0 Å². The molecule has 0 aromatic rings. The SMILES string of the molecule is COCCCNC1CCN1. The summed E-state index contributed by atoms with van der Waals surface area (Å²) in [7, 11) is 1.74. The van der Waals surface area contributed by atoms with Crippen LogP contribution in [0.2, 0.25) is 0 Å². The molecule has 0 saturated carbocycles. The average molecular weight is 144 g/mol. The molecule has 0 spiro atoms. The Bertz CT molecular complexity index is 83.7. The third-order valence-electron chi connectivity index (χ3n) is 1.74. The van der Waals surface area contributed by atoms with E-state index >= 15 is 0 Å². The summed E-state index contributed by atoms with van der Waals surface area (Å²) in [6.45, 7) is 3.09. The lowest BCUT2D eigenvalue weighted by Crippen LogP contribution is -2.52. The molecule has 0 radical (unpaired) electrons. The molecule has 1 aliphatic heterocycles. The van der Waals surface area contributed by atoms with Gasteiger partial charge in [0.25, 0.3) is 0 Å². The highest BCUT2D eigenvalue weighted by Crippen LogP contribution is 1.96. The quantitative estimate of drug-likeness (QED) is 0.530. The van der Waals surface area contributed by atoms with Crippen LogP contribution in [-0.4, -0.2) is 33.0 Å². The van der Waals surface area contributed by atoms with Crippen molar-refractivity contribution < 1.29 is 4.74 Å². The molecule has 1 aliphatic rings. The highest BCUT2D eigenvalue weighted by molar-refractivity contribution is 4.74. The van der Waals surface area contributed by atoms with Crippen LogP contribution in [0.25, 0.3) is 0 Å². The van der Waals surface area contributed by atoms with Gasteiger partial charge in [-0.3, -0.25) is 0 Å². The molecule has 1 rings (SSSR count). The molecule has 0 amide bonds. The summed E-state index contributed by atoms with van der Waals surface area (Å²) in [4.78, 5) is 0. The van der Waals surface area contributed by atoms with Gasteiger partial charge in [-0.2, -0.15) is 0 Å². The molecule has 60 valence electrons. The van der Waals surface area contributed by atoms with Gasteiger partial charge in [-0.1, -0.05) is 0 Å². The van der Waals surface area contributed by atoms with Crippen molar-refractivity contribution >= 4 is 0 Å². The lowest BCUT2D eigenvalue weighted by Gasteiger charge is -2.28. The number of ether oxygens (including phenoxy) is 1. The van der Waals surface area contributed by atoms with Gasteiger partial charge in [0.15, 0.2) is 0 Å². The fourth-order valence-corrected chi connectivity index (χ4v) is 0.956. The number of methoxy groups -OCH3 is 1. The smallest absolute Gasteiger partial charge is 0.0583 e. The molecule has 1 atom stereocenters. The zero-order chi connectivity index (χ0) is 7.23. The van der Waals surface area contributed by atoms with E-state index < -0.39 is 0 Å². The Morgan fingerprint density at radius 1 is 1.70 bits per heavy atom. The van der Waals surface area contributed by atoms with Crippen molar-refractivity contribution in [2.45, 2.75) is 19.0 Å². The van der Waals surface area contributed by atoms with Crippen molar-refractivity contribution in [1.29, 1.82) is 0 Å². The lowest BCUT2D eigenvalue weighted by atomic mass is 10.2. The molecular weight excluding hydrogens is 128 g/mol. The fraction of sp³-hybridized carbons (Fsp3) is 1.00. The van der Waals surface area contributed by atoms with Crippen molar-refractivity contribution in [2.24, 2.45) is 0 Å². The Balaban J connectivity index is 1.76. The van der Waals surface area contributed by atoms with E-state index in [2.05, 4.69) is 10.6 Å². The molecule has 3 heteroatoms. The Kier molecular flexibility index (Phi) is 3.72. The Morgan fingerprint density at radius 2 is 2.50 bits per heavy atom. The Morgan fingerprint density at radius 3 is 3.00 bits per heavy atom. The Labute approximate surface area is 62.1 Å². The summed E-state index contributed by atoms with van der Waals surface area (Å²) in [5, 5.41) is 6.63. The van der Waals surface area contributed by atoms with E-state index in [1.54, 1.807) is 7.11 Å². The normalized spacial score (nSPS) is 24.3. The molecule has 0 aliphatic carbocycles. The maximum atomic E-state index is 4.91. The van der Waals surface area contributed by atoms with E-state index in [4.69, 9.17) is 4.74 Å². The summed E-state index contributed by atoms with van der Waals surface area (Å²) < 4.78 is 4.91. The van der Waals surface area contributed by atoms with Crippen LogP contribution in [0.4, 0.5) is 0 Å². The average Bonchev–Trinajstić information content (AvgIpc) is 1.84. The zero-order valence-electron chi connectivity index (χ0n) is 6.52. The fourth-order valence-electron chi connectivity index (χ4n) is 0.956. The number of nitrogens with one attached hydrogen (secondary N) is 2. The highest BCUT2D eigenvalue weighted by Gasteiger charge is 2.13. The first kappa shape index (κ1) is 7.98. The first-order chi connectivity index (χ1) is 4.93. The van der Waals surface area contributed by atoms with E-state index in [0.717, 1.165) is 19.6 Å². The maximum absolute atomic E-state index is 4.91. The molecule has 1 fully saturated rings. The van der Waals surface area contributed by atoms with Gasteiger partial charge in [-0.05, 0) is 25.9 Å². The van der Waals surface area contributed by atoms with Crippen molar-refractivity contribution in [3.8, 4) is 0 Å². The van der Waals surface area contributed by atoms with E-state index in [0.29, 0.717) is 6.17 Å². The van der Waals surface area contributed by atoms with Crippen molar-refractivity contribution in [1.82, 2.24) is 10.6 Å². The van der Waals surface area contributed by atoms with Crippen molar-refractivity contribution in [3.05, 3.63) is 0 Å². The van der Waals surface area contributed by atoms with Crippen LogP contribution in [0.1, 0.15) is 12.8 Å². The highest BCUT2D eigenvalue weighted by atomic mass is 16.5. The van der Waals surface area contributed by atoms with Crippen LogP contribution in [-0.2, 0) is 4.74 Å². The van der Waals surface area contributed by atoms with Crippen LogP contribution in [0.3, 0.4) is 0 Å². The Hall–Kier alpha value is -0.120. The molecule has 3 nitrogen and oxygen atoms in total. The van der Waals surface area contributed by atoms with E-state index in [9.17, 15) is 0 Å². The molecular formula is C7H16N2O. The van der Waals surface area contributed by atoms with E-state index in [1.807, 2.05) is 0 Å². The van der Waals surface area contributed by atoms with Crippen LogP contribution in [0.5, 0.6) is 0 Å². The van der Waals surface area contributed by atoms with Crippen molar-refractivity contribution in [3.63, 3.8) is 0 Å². The van der Waals surface area contributed by atoms with Gasteiger partial charge in [0, 0.05) is 13.7 Å². The molecule has 1 saturated heterocycles. The minimum Gasteiger partial charge on any atom is -0.385 e. The second kappa shape index (κ2) is 4.66. The molecule has 1 unspecified atom stereocenters. The molecule has 0 bridgehead atoms. The summed E-state index contributed by atoms with van der Waals surface area (Å²) in [5.74, 6) is 0. The molecule has 0 aromatic heterocycles. The monoisotopic (exact) mass is 144 g/mol. The molecule has 10 heavy (non-hydrogen) atoms. The lowest BCUT2D eigenvalue weighted by molar-refractivity contribution is 0.189. The van der Waals surface area contributed by atoms with E-state index in [-0.39, 0.29) is 0 Å². The van der Waals surface area contributed by atoms with Crippen LogP contribution in [0.15, 0.2) is 0 Å². The second-order valence-corrected chi connectivity index (χ2v) is 2.60. The number of hydrogen-bond donors (Lipinski definition) is 2. The number of hydrogen-bond acceptors (Lipinski definition) is 3. The number of rotatable bonds is 5. The summed E-state index contributed by atoms with van der Waals surface area (Å²) in [6.07, 6.45) is 2.96. The van der Waals surface area contributed by atoms with Crippen LogP contribution < -0.4 is 10.6 Å². The maximum Gasteiger partial charge on any atom is 0.0583 e. The summed E-state index contributed by atoms with van der Waals surface area (Å²) in [5.41, 5.74) is 0. The first-order valence-electron chi connectivity index (χ1n) is 3.89. The van der Waals surface area contributed by atoms with Gasteiger partial charge in [0.2, 0.25) is 0 Å². The largest absolute Gasteiger partial charge is 0.385 e. The van der Waals surface area contributed by atoms with Crippen LogP contribution in [0, 0.1) is 0 Å². The first-order valence-corrected chi connectivity index (χ1v) is 3.89. The van der Waals surface area contributed by atoms with E-state index in [1.165, 1.54) is 13.0 Å². The molecule has 2 N–H and O–H groups in total. The van der Waals surface area contributed by atoms with Gasteiger partial charge < -0.3 is 15.4 Å². The third kappa shape index (κ3) is 2.64. The van der Waals surface area contributed by atoms with Gasteiger partial charge in [0.1, 0.15) is 0 Å². The molecule has 1 heterocycles. The van der Waals surface area contributed by atoms with Crippen LogP contribution >= 0.6 is 0 Å². The summed E-state index contributed by atoms with van der Waals surface area (Å²) >= 11 is 0. The predicted molar refractivity (Wildman–Crippen MR) is 40.9 cm³/mol. The summed E-state index contributed by atoms with van der Waals surface area (Å²) in [6, 6.07) is 0. The predicted octanol–water partition coefficient (Wildman–Crippen LogP) is -0.0681. The minimum absolute atomic E-state index is 0.580. The molecule has 0 aromatic carbocycles. The van der Waals surface area contributed by atoms with Gasteiger partial charge >= 0.3 is 0 Å². The van der Waals surface area contributed by atoms with Gasteiger partial charge in [0.05, 0.1) is 6.17 Å². The third-order valence-corrected chi connectivity index (χ3v) is 1.74. The van der Waals surface area contributed by atoms with Crippen molar-refractivity contribution in [2.75, 3.05) is 26.8 Å². The minimum atomic E-state index is 0.580. The zero-order valence-corrected chi connectivity index (χ0v) is 6.52. The van der Waals surface area contributed by atoms with Gasteiger partial charge in [-0.15, -0.1) is 0 Å².